The quantitative estimate of drug-likeness (QED) is 0.106. The molecule has 0 saturated heterocycles. The van der Waals surface area contributed by atoms with Crippen molar-refractivity contribution in [2.75, 3.05) is 24.6 Å². The molecule has 4 heteroatoms. The van der Waals surface area contributed by atoms with Crippen molar-refractivity contribution in [1.29, 1.82) is 0 Å². The molecule has 1 N–H and O–H groups in total. The van der Waals surface area contributed by atoms with Crippen molar-refractivity contribution in [1.82, 2.24) is 0 Å². The summed E-state index contributed by atoms with van der Waals surface area (Å²) < 4.78 is 6.83. The van der Waals surface area contributed by atoms with Crippen molar-refractivity contribution in [2.45, 2.75) is 143 Å². The van der Waals surface area contributed by atoms with Gasteiger partial charge in [-0.05, 0) is 0 Å². The van der Waals surface area contributed by atoms with E-state index < -0.39 is 6.83 Å². The van der Waals surface area contributed by atoms with Gasteiger partial charge in [-0.1, -0.05) is 13.3 Å². The number of carbonyl (C=O) groups is 1. The van der Waals surface area contributed by atoms with Crippen LogP contribution in [0.25, 0.3) is 0 Å². The number of hydrogen-bond acceptors (Lipinski definition) is 3. The van der Waals surface area contributed by atoms with E-state index in [4.69, 9.17) is 4.52 Å². The molecule has 0 fully saturated rings. The molecule has 1 rings (SSSR count). The fraction of sp³-hybridized carbons (Fsp3) is 0.788. The molecule has 1 aromatic carbocycles. The van der Waals surface area contributed by atoms with E-state index in [0.29, 0.717) is 5.56 Å². The number of carbonyl (C=O) groups excluding carboxylic acids is 1. The van der Waals surface area contributed by atoms with Gasteiger partial charge in [0.1, 0.15) is 0 Å². The summed E-state index contributed by atoms with van der Waals surface area (Å²) in [6.45, 7) is 6.29. The summed E-state index contributed by atoms with van der Waals surface area (Å²) in [4.78, 5) is 13.5. The fourth-order valence-corrected chi connectivity index (χ4v) is 12.5. The van der Waals surface area contributed by atoms with Crippen LogP contribution in [0.15, 0.2) is 24.3 Å². The molecule has 0 bridgehead atoms. The molecule has 216 valence electrons. The first kappa shape index (κ1) is 33.9. The SMILES string of the molecule is CCCCCCCCCCCCCCP(CCCC)(CCCC)(CCCC)OC(=O)c1ccccc1O. The van der Waals surface area contributed by atoms with Crippen molar-refractivity contribution < 1.29 is 14.4 Å². The number of benzene rings is 1. The Kier molecular flexibility index (Phi) is 18.3. The third-order valence-electron chi connectivity index (χ3n) is 8.27. The second kappa shape index (κ2) is 19.9. The summed E-state index contributed by atoms with van der Waals surface area (Å²) in [5.74, 6) is -0.256. The van der Waals surface area contributed by atoms with Crippen molar-refractivity contribution in [3.8, 4) is 5.75 Å². The zero-order chi connectivity index (χ0) is 27.3. The number of rotatable bonds is 24. The Balaban J connectivity index is 2.84. The van der Waals surface area contributed by atoms with Crippen molar-refractivity contribution >= 4 is 12.8 Å². The third kappa shape index (κ3) is 13.0. The summed E-state index contributed by atoms with van der Waals surface area (Å²) in [5, 5.41) is 10.4. The Bertz CT molecular complexity index is 693. The van der Waals surface area contributed by atoms with Gasteiger partial charge < -0.3 is 0 Å². The number of phenolic OH excluding ortho intramolecular Hbond substituents is 1. The average Bonchev–Trinajstić information content (AvgIpc) is 2.91. The molecule has 0 spiro atoms. The van der Waals surface area contributed by atoms with Crippen LogP contribution in [0.4, 0.5) is 0 Å². The summed E-state index contributed by atoms with van der Waals surface area (Å²) in [5.41, 5.74) is 0.329. The monoisotopic (exact) mass is 536 g/mol. The summed E-state index contributed by atoms with van der Waals surface area (Å²) in [7, 11) is 0. The van der Waals surface area contributed by atoms with E-state index in [1.807, 2.05) is 6.07 Å². The molecule has 0 aromatic heterocycles. The van der Waals surface area contributed by atoms with Gasteiger partial charge in [0.15, 0.2) is 0 Å². The van der Waals surface area contributed by atoms with Gasteiger partial charge in [-0.3, -0.25) is 0 Å². The predicted molar refractivity (Wildman–Crippen MR) is 166 cm³/mol. The predicted octanol–water partition coefficient (Wildman–Crippen LogP) is 11.1. The van der Waals surface area contributed by atoms with Crippen molar-refractivity contribution in [3.63, 3.8) is 0 Å². The number of para-hydroxylation sites is 1. The van der Waals surface area contributed by atoms with Gasteiger partial charge in [0, 0.05) is 0 Å². The molecule has 0 aliphatic heterocycles. The van der Waals surface area contributed by atoms with Crippen LogP contribution >= 0.6 is 6.83 Å². The number of hydrogen-bond donors (Lipinski definition) is 1. The molecule has 0 radical (unpaired) electrons. The maximum absolute atomic E-state index is 13.5. The number of aromatic hydroxyl groups is 1. The first-order valence-electron chi connectivity index (χ1n) is 16.0. The fourth-order valence-electron chi connectivity index (χ4n) is 5.81. The molecule has 0 atom stereocenters. The van der Waals surface area contributed by atoms with E-state index >= 15 is 0 Å². The van der Waals surface area contributed by atoms with Crippen LogP contribution in [-0.2, 0) is 4.52 Å². The van der Waals surface area contributed by atoms with E-state index in [2.05, 4.69) is 27.7 Å². The normalized spacial score (nSPS) is 12.8. The van der Waals surface area contributed by atoms with E-state index in [1.165, 1.54) is 77.0 Å². The molecular weight excluding hydrogens is 475 g/mol. The van der Waals surface area contributed by atoms with Crippen LogP contribution in [0.2, 0.25) is 0 Å². The van der Waals surface area contributed by atoms with Gasteiger partial charge in [0.05, 0.1) is 0 Å². The molecule has 0 heterocycles. The Morgan fingerprint density at radius 1 is 0.595 bits per heavy atom. The molecule has 1 aromatic rings. The zero-order valence-electron chi connectivity index (χ0n) is 25.1. The molecule has 37 heavy (non-hydrogen) atoms. The second-order valence-corrected chi connectivity index (χ2v) is 17.3. The minimum absolute atomic E-state index is 0.0379. The molecule has 0 amide bonds. The van der Waals surface area contributed by atoms with Crippen LogP contribution in [-0.4, -0.2) is 35.7 Å². The van der Waals surface area contributed by atoms with E-state index in [1.54, 1.807) is 18.2 Å². The van der Waals surface area contributed by atoms with Crippen LogP contribution in [0.1, 0.15) is 154 Å². The van der Waals surface area contributed by atoms with E-state index in [-0.39, 0.29) is 11.7 Å². The van der Waals surface area contributed by atoms with Crippen molar-refractivity contribution in [2.24, 2.45) is 0 Å². The zero-order valence-corrected chi connectivity index (χ0v) is 26.0. The van der Waals surface area contributed by atoms with Gasteiger partial charge >= 0.3 is 217 Å². The average molecular weight is 537 g/mol. The Hall–Kier alpha value is -1.08. The topological polar surface area (TPSA) is 46.5 Å². The summed E-state index contributed by atoms with van der Waals surface area (Å²) in [6.07, 6.45) is 27.1. The number of unbranched alkanes of at least 4 members (excludes halogenated alkanes) is 14. The van der Waals surface area contributed by atoms with E-state index in [0.717, 1.165) is 63.2 Å². The van der Waals surface area contributed by atoms with Crippen LogP contribution in [0, 0.1) is 0 Å². The van der Waals surface area contributed by atoms with Crippen LogP contribution in [0.5, 0.6) is 5.75 Å². The third-order valence-corrected chi connectivity index (χ3v) is 14.7. The first-order valence-corrected chi connectivity index (χ1v) is 18.9. The molecule has 0 aliphatic carbocycles. The van der Waals surface area contributed by atoms with E-state index in [9.17, 15) is 9.90 Å². The van der Waals surface area contributed by atoms with Crippen molar-refractivity contribution in [3.05, 3.63) is 29.8 Å². The molecule has 0 saturated carbocycles. The Morgan fingerprint density at radius 3 is 1.41 bits per heavy atom. The Morgan fingerprint density at radius 2 is 0.973 bits per heavy atom. The Labute approximate surface area is 230 Å². The minimum atomic E-state index is -2.74. The first-order chi connectivity index (χ1) is 18.0. The standard InChI is InChI=1S/C33H61O3P/c1-5-9-13-14-15-16-17-18-19-20-21-24-30-37(27-10-6-2,28-11-7-3,29-12-8-4)36-33(35)31-25-22-23-26-32(31)34/h22-23,25-26,34H,5-21,24,27-30H2,1-4H3. The van der Waals surface area contributed by atoms with Gasteiger partial charge in [-0.15, -0.1) is 0 Å². The van der Waals surface area contributed by atoms with Gasteiger partial charge in [0.2, 0.25) is 0 Å². The second-order valence-electron chi connectivity index (χ2n) is 11.6. The van der Waals surface area contributed by atoms with Gasteiger partial charge in [0.25, 0.3) is 0 Å². The maximum atomic E-state index is 13.5. The van der Waals surface area contributed by atoms with Crippen LogP contribution in [0.3, 0.4) is 0 Å². The van der Waals surface area contributed by atoms with Gasteiger partial charge in [-0.2, -0.15) is 0 Å². The molecule has 0 unspecified atom stereocenters. The van der Waals surface area contributed by atoms with Gasteiger partial charge in [-0.25, -0.2) is 0 Å². The molecular formula is C33H61O3P. The summed E-state index contributed by atoms with van der Waals surface area (Å²) >= 11 is 0. The molecule has 0 aliphatic rings. The van der Waals surface area contributed by atoms with Crippen LogP contribution < -0.4 is 0 Å². The molecule has 3 nitrogen and oxygen atoms in total. The summed E-state index contributed by atoms with van der Waals surface area (Å²) in [6, 6.07) is 6.90. The number of phenols is 1.